The highest BCUT2D eigenvalue weighted by molar-refractivity contribution is 5.82. The highest BCUT2D eigenvalue weighted by Gasteiger charge is 2.35. The smallest absolute Gasteiger partial charge is 0.330 e. The summed E-state index contributed by atoms with van der Waals surface area (Å²) in [4.78, 5) is 12.4. The van der Waals surface area contributed by atoms with E-state index < -0.39 is 5.54 Å². The molecule has 0 heterocycles. The Hall–Kier alpha value is -1.35. The molecule has 3 heteroatoms. The third-order valence-electron chi connectivity index (χ3n) is 4.62. The number of benzene rings is 1. The molecule has 1 aromatic rings. The molecule has 20 heavy (non-hydrogen) atoms. The van der Waals surface area contributed by atoms with Gasteiger partial charge in [0.2, 0.25) is 0 Å². The van der Waals surface area contributed by atoms with Crippen molar-refractivity contribution in [1.82, 2.24) is 0 Å². The number of nitrogens with two attached hydrogens (primary N) is 1. The second-order valence-electron chi connectivity index (χ2n) is 6.36. The lowest BCUT2D eigenvalue weighted by Crippen LogP contribution is -2.45. The molecule has 0 radical (unpaired) electrons. The average molecular weight is 275 g/mol. The molecule has 0 amide bonds. The zero-order valence-electron chi connectivity index (χ0n) is 12.6. The van der Waals surface area contributed by atoms with Gasteiger partial charge in [-0.05, 0) is 43.6 Å². The standard InChI is InChI=1S/C17H25NO2/c1-12-9-10-15(11-13(12)2)20-16(19)17(3,18)14-7-5-4-6-8-14/h4-8,12-13,15H,9-11,18H2,1-3H3. The van der Waals surface area contributed by atoms with Crippen LogP contribution in [-0.2, 0) is 15.1 Å². The highest BCUT2D eigenvalue weighted by Crippen LogP contribution is 2.32. The number of ether oxygens (including phenoxy) is 1. The minimum Gasteiger partial charge on any atom is -0.461 e. The molecule has 2 rings (SSSR count). The molecular weight excluding hydrogens is 250 g/mol. The molecule has 0 saturated heterocycles. The first kappa shape index (κ1) is 15.0. The van der Waals surface area contributed by atoms with Gasteiger partial charge in [0, 0.05) is 0 Å². The van der Waals surface area contributed by atoms with Gasteiger partial charge in [-0.1, -0.05) is 44.2 Å². The Kier molecular flexibility index (Phi) is 4.48. The summed E-state index contributed by atoms with van der Waals surface area (Å²) in [5.41, 5.74) is 5.90. The fourth-order valence-electron chi connectivity index (χ4n) is 2.78. The Bertz CT molecular complexity index is 455. The second-order valence-corrected chi connectivity index (χ2v) is 6.36. The lowest BCUT2D eigenvalue weighted by Gasteiger charge is -2.33. The summed E-state index contributed by atoms with van der Waals surface area (Å²) in [6, 6.07) is 9.42. The minimum absolute atomic E-state index is 0.0142. The van der Waals surface area contributed by atoms with Crippen LogP contribution in [0.3, 0.4) is 0 Å². The molecule has 2 N–H and O–H groups in total. The second kappa shape index (κ2) is 5.96. The van der Waals surface area contributed by atoms with Crippen molar-refractivity contribution < 1.29 is 9.53 Å². The van der Waals surface area contributed by atoms with Crippen LogP contribution in [0.4, 0.5) is 0 Å². The van der Waals surface area contributed by atoms with E-state index in [0.717, 1.165) is 24.8 Å². The highest BCUT2D eigenvalue weighted by atomic mass is 16.5. The monoisotopic (exact) mass is 275 g/mol. The largest absolute Gasteiger partial charge is 0.461 e. The molecule has 1 fully saturated rings. The van der Waals surface area contributed by atoms with Crippen molar-refractivity contribution >= 4 is 5.97 Å². The summed E-state index contributed by atoms with van der Waals surface area (Å²) in [6.07, 6.45) is 3.02. The van der Waals surface area contributed by atoms with E-state index in [2.05, 4.69) is 13.8 Å². The summed E-state index contributed by atoms with van der Waals surface area (Å²) < 4.78 is 5.67. The number of carbonyl (C=O) groups excluding carboxylic acids is 1. The van der Waals surface area contributed by atoms with E-state index in [1.54, 1.807) is 6.92 Å². The van der Waals surface area contributed by atoms with Gasteiger partial charge in [-0.3, -0.25) is 0 Å². The summed E-state index contributed by atoms with van der Waals surface area (Å²) in [5.74, 6) is 0.987. The zero-order chi connectivity index (χ0) is 14.8. The quantitative estimate of drug-likeness (QED) is 0.862. The molecule has 0 aromatic heterocycles. The summed E-state index contributed by atoms with van der Waals surface area (Å²) in [6.45, 7) is 6.21. The Morgan fingerprint density at radius 1 is 1.20 bits per heavy atom. The van der Waals surface area contributed by atoms with Crippen LogP contribution >= 0.6 is 0 Å². The molecule has 3 nitrogen and oxygen atoms in total. The number of rotatable bonds is 3. The number of esters is 1. The predicted octanol–water partition coefficient (Wildman–Crippen LogP) is 3.23. The van der Waals surface area contributed by atoms with Gasteiger partial charge in [0.25, 0.3) is 0 Å². The Balaban J connectivity index is 2.01. The normalized spacial score (nSPS) is 29.5. The van der Waals surface area contributed by atoms with Crippen LogP contribution in [0, 0.1) is 11.8 Å². The molecule has 0 bridgehead atoms. The van der Waals surface area contributed by atoms with Crippen molar-refractivity contribution in [3.05, 3.63) is 35.9 Å². The van der Waals surface area contributed by atoms with Crippen molar-refractivity contribution in [2.45, 2.75) is 51.7 Å². The zero-order valence-corrected chi connectivity index (χ0v) is 12.6. The van der Waals surface area contributed by atoms with Crippen LogP contribution < -0.4 is 5.73 Å². The van der Waals surface area contributed by atoms with Crippen LogP contribution in [0.15, 0.2) is 30.3 Å². The third kappa shape index (κ3) is 3.21. The molecule has 1 aliphatic carbocycles. The maximum Gasteiger partial charge on any atom is 0.330 e. The van der Waals surface area contributed by atoms with Crippen LogP contribution in [0.5, 0.6) is 0 Å². The topological polar surface area (TPSA) is 52.3 Å². The van der Waals surface area contributed by atoms with Gasteiger partial charge < -0.3 is 10.5 Å². The van der Waals surface area contributed by atoms with Crippen molar-refractivity contribution in [3.8, 4) is 0 Å². The fourth-order valence-corrected chi connectivity index (χ4v) is 2.78. The van der Waals surface area contributed by atoms with Gasteiger partial charge in [0.05, 0.1) is 0 Å². The first-order valence-corrected chi connectivity index (χ1v) is 7.46. The van der Waals surface area contributed by atoms with Crippen molar-refractivity contribution in [2.24, 2.45) is 17.6 Å². The van der Waals surface area contributed by atoms with Gasteiger partial charge in [-0.2, -0.15) is 0 Å². The van der Waals surface area contributed by atoms with Crippen molar-refractivity contribution in [3.63, 3.8) is 0 Å². The van der Waals surface area contributed by atoms with Gasteiger partial charge in [0.15, 0.2) is 0 Å². The first-order valence-electron chi connectivity index (χ1n) is 7.46. The first-order chi connectivity index (χ1) is 9.41. The van der Waals surface area contributed by atoms with Crippen LogP contribution in [0.2, 0.25) is 0 Å². The molecule has 4 unspecified atom stereocenters. The third-order valence-corrected chi connectivity index (χ3v) is 4.62. The minimum atomic E-state index is -1.08. The Morgan fingerprint density at radius 3 is 2.45 bits per heavy atom. The van der Waals surface area contributed by atoms with Gasteiger partial charge in [0.1, 0.15) is 11.6 Å². The Labute approximate surface area is 121 Å². The lowest BCUT2D eigenvalue weighted by atomic mass is 9.80. The van der Waals surface area contributed by atoms with Crippen molar-refractivity contribution in [2.75, 3.05) is 0 Å². The maximum absolute atomic E-state index is 12.4. The summed E-state index contributed by atoms with van der Waals surface area (Å²) >= 11 is 0. The van der Waals surface area contributed by atoms with E-state index in [4.69, 9.17) is 10.5 Å². The van der Waals surface area contributed by atoms with E-state index >= 15 is 0 Å². The van der Waals surface area contributed by atoms with E-state index in [1.807, 2.05) is 30.3 Å². The van der Waals surface area contributed by atoms with Gasteiger partial charge >= 0.3 is 5.97 Å². The van der Waals surface area contributed by atoms with E-state index in [1.165, 1.54) is 0 Å². The molecule has 1 aliphatic rings. The van der Waals surface area contributed by atoms with Crippen molar-refractivity contribution in [1.29, 1.82) is 0 Å². The van der Waals surface area contributed by atoms with E-state index in [0.29, 0.717) is 11.8 Å². The molecule has 1 saturated carbocycles. The number of hydrogen-bond acceptors (Lipinski definition) is 3. The predicted molar refractivity (Wildman–Crippen MR) is 80.0 cm³/mol. The summed E-state index contributed by atoms with van der Waals surface area (Å²) in [7, 11) is 0. The van der Waals surface area contributed by atoms with Gasteiger partial charge in [-0.25, -0.2) is 4.79 Å². The van der Waals surface area contributed by atoms with Crippen LogP contribution in [0.25, 0.3) is 0 Å². The lowest BCUT2D eigenvalue weighted by molar-refractivity contribution is -0.158. The SMILES string of the molecule is CC1CCC(OC(=O)C(C)(N)c2ccccc2)CC1C. The fraction of sp³-hybridized carbons (Fsp3) is 0.588. The van der Waals surface area contributed by atoms with Gasteiger partial charge in [-0.15, -0.1) is 0 Å². The maximum atomic E-state index is 12.4. The van der Waals surface area contributed by atoms with E-state index in [-0.39, 0.29) is 12.1 Å². The molecule has 1 aromatic carbocycles. The average Bonchev–Trinajstić information content (AvgIpc) is 2.44. The number of hydrogen-bond donors (Lipinski definition) is 1. The molecule has 0 aliphatic heterocycles. The molecule has 4 atom stereocenters. The molecule has 110 valence electrons. The van der Waals surface area contributed by atoms with Crippen LogP contribution in [0.1, 0.15) is 45.6 Å². The summed E-state index contributed by atoms with van der Waals surface area (Å²) in [5, 5.41) is 0. The molecule has 0 spiro atoms. The number of carbonyl (C=O) groups is 1. The Morgan fingerprint density at radius 2 is 1.85 bits per heavy atom. The molecular formula is C17H25NO2. The van der Waals surface area contributed by atoms with E-state index in [9.17, 15) is 4.79 Å². The van der Waals surface area contributed by atoms with Crippen LogP contribution in [-0.4, -0.2) is 12.1 Å².